The number of carbonyl (C=O) groups excluding carboxylic acids is 1. The van der Waals surface area contributed by atoms with Crippen LogP contribution in [0.1, 0.15) is 10.4 Å². The van der Waals surface area contributed by atoms with E-state index in [9.17, 15) is 19.3 Å². The first kappa shape index (κ1) is 15.7. The van der Waals surface area contributed by atoms with Crippen LogP contribution in [0.15, 0.2) is 36.4 Å². The number of hydrogen-bond acceptors (Lipinski definition) is 4. The molecule has 0 spiro atoms. The highest BCUT2D eigenvalue weighted by molar-refractivity contribution is 6.31. The minimum absolute atomic E-state index is 0.105. The smallest absolute Gasteiger partial charge is 0.295 e. The molecule has 0 bridgehead atoms. The van der Waals surface area contributed by atoms with Crippen molar-refractivity contribution in [1.82, 2.24) is 0 Å². The molecule has 0 aliphatic heterocycles. The summed E-state index contributed by atoms with van der Waals surface area (Å²) >= 11 is 5.83. The molecule has 0 aliphatic rings. The van der Waals surface area contributed by atoms with Crippen LogP contribution >= 0.6 is 11.6 Å². The summed E-state index contributed by atoms with van der Waals surface area (Å²) in [5, 5.41) is 13.6. The van der Waals surface area contributed by atoms with Crippen molar-refractivity contribution in [2.24, 2.45) is 0 Å². The lowest BCUT2D eigenvalue weighted by molar-refractivity contribution is -0.384. The van der Waals surface area contributed by atoms with Gasteiger partial charge in [-0.2, -0.15) is 0 Å². The second-order valence-electron chi connectivity index (χ2n) is 4.22. The number of nitro benzene ring substituents is 1. The van der Waals surface area contributed by atoms with Gasteiger partial charge in [-0.1, -0.05) is 11.6 Å². The van der Waals surface area contributed by atoms with E-state index in [0.717, 1.165) is 18.2 Å². The SMILES string of the molecule is COc1ccc(Cl)cc1C(=O)Nc1ccc(F)cc1[N+](=O)[O-]. The van der Waals surface area contributed by atoms with Gasteiger partial charge >= 0.3 is 0 Å². The Balaban J connectivity index is 2.38. The topological polar surface area (TPSA) is 81.5 Å². The predicted molar refractivity (Wildman–Crippen MR) is 79.0 cm³/mol. The van der Waals surface area contributed by atoms with Gasteiger partial charge in [0.15, 0.2) is 0 Å². The van der Waals surface area contributed by atoms with Crippen molar-refractivity contribution < 1.29 is 18.8 Å². The molecule has 2 rings (SSSR count). The molecule has 0 atom stereocenters. The molecule has 6 nitrogen and oxygen atoms in total. The highest BCUT2D eigenvalue weighted by atomic mass is 35.5. The molecule has 0 fully saturated rings. The Bertz CT molecular complexity index is 752. The Morgan fingerprint density at radius 3 is 2.68 bits per heavy atom. The van der Waals surface area contributed by atoms with Crippen molar-refractivity contribution >= 4 is 28.9 Å². The van der Waals surface area contributed by atoms with E-state index in [1.807, 2.05) is 0 Å². The van der Waals surface area contributed by atoms with Crippen LogP contribution in [-0.4, -0.2) is 17.9 Å². The number of nitro groups is 1. The van der Waals surface area contributed by atoms with E-state index >= 15 is 0 Å². The maximum atomic E-state index is 13.1. The molecule has 0 radical (unpaired) electrons. The van der Waals surface area contributed by atoms with Crippen molar-refractivity contribution in [1.29, 1.82) is 0 Å². The standard InChI is InChI=1S/C14H10ClFN2O4/c1-22-13-5-2-8(15)6-10(13)14(19)17-11-4-3-9(16)7-12(11)18(20)21/h2-7H,1H3,(H,17,19). The summed E-state index contributed by atoms with van der Waals surface area (Å²) in [6.45, 7) is 0. The number of amides is 1. The summed E-state index contributed by atoms with van der Waals surface area (Å²) in [5.74, 6) is -1.18. The van der Waals surface area contributed by atoms with Gasteiger partial charge in [0.1, 0.15) is 17.3 Å². The number of anilines is 1. The van der Waals surface area contributed by atoms with Crippen molar-refractivity contribution in [3.63, 3.8) is 0 Å². The van der Waals surface area contributed by atoms with Gasteiger partial charge in [-0.05, 0) is 30.3 Å². The van der Waals surface area contributed by atoms with Crippen molar-refractivity contribution in [2.45, 2.75) is 0 Å². The molecule has 0 saturated carbocycles. The Hall–Kier alpha value is -2.67. The van der Waals surface area contributed by atoms with Crippen molar-refractivity contribution in [2.75, 3.05) is 12.4 Å². The fourth-order valence-electron chi connectivity index (χ4n) is 1.81. The molecule has 1 N–H and O–H groups in total. The van der Waals surface area contributed by atoms with Crippen LogP contribution in [0.3, 0.4) is 0 Å². The quantitative estimate of drug-likeness (QED) is 0.687. The lowest BCUT2D eigenvalue weighted by Gasteiger charge is -2.10. The number of nitrogens with one attached hydrogen (secondary N) is 1. The zero-order valence-corrected chi connectivity index (χ0v) is 12.1. The number of halogens is 2. The molecule has 0 heterocycles. The highest BCUT2D eigenvalue weighted by Gasteiger charge is 2.19. The Morgan fingerprint density at radius 2 is 2.05 bits per heavy atom. The molecule has 0 aliphatic carbocycles. The molecular formula is C14H10ClFN2O4. The van der Waals surface area contributed by atoms with Crippen LogP contribution in [0.4, 0.5) is 15.8 Å². The third-order valence-corrected chi connectivity index (χ3v) is 3.05. The first-order valence-electron chi connectivity index (χ1n) is 6.01. The van der Waals surface area contributed by atoms with Crippen LogP contribution in [0.2, 0.25) is 5.02 Å². The lowest BCUT2D eigenvalue weighted by Crippen LogP contribution is -2.14. The van der Waals surface area contributed by atoms with Gasteiger partial charge in [0, 0.05) is 5.02 Å². The van der Waals surface area contributed by atoms with Crippen LogP contribution in [0.25, 0.3) is 0 Å². The summed E-state index contributed by atoms with van der Waals surface area (Å²) in [6.07, 6.45) is 0. The monoisotopic (exact) mass is 324 g/mol. The number of benzene rings is 2. The summed E-state index contributed by atoms with van der Waals surface area (Å²) < 4.78 is 18.1. The highest BCUT2D eigenvalue weighted by Crippen LogP contribution is 2.28. The second-order valence-corrected chi connectivity index (χ2v) is 4.65. The van der Waals surface area contributed by atoms with Crippen LogP contribution in [0, 0.1) is 15.9 Å². The second kappa shape index (κ2) is 6.40. The van der Waals surface area contributed by atoms with Crippen LogP contribution < -0.4 is 10.1 Å². The van der Waals surface area contributed by atoms with Crippen LogP contribution in [-0.2, 0) is 0 Å². The van der Waals surface area contributed by atoms with Gasteiger partial charge in [0.2, 0.25) is 0 Å². The first-order valence-corrected chi connectivity index (χ1v) is 6.39. The van der Waals surface area contributed by atoms with E-state index in [1.54, 1.807) is 0 Å². The normalized spacial score (nSPS) is 10.1. The lowest BCUT2D eigenvalue weighted by atomic mass is 10.1. The fourth-order valence-corrected chi connectivity index (χ4v) is 1.98. The third kappa shape index (κ3) is 3.32. The molecule has 114 valence electrons. The number of carbonyl (C=O) groups is 1. The summed E-state index contributed by atoms with van der Waals surface area (Å²) in [6, 6.07) is 7.25. The number of nitrogens with zero attached hydrogens (tertiary/aromatic N) is 1. The van der Waals surface area contributed by atoms with E-state index in [4.69, 9.17) is 16.3 Å². The molecule has 1 amide bonds. The average molecular weight is 325 g/mol. The van der Waals surface area contributed by atoms with E-state index in [0.29, 0.717) is 5.02 Å². The summed E-state index contributed by atoms with van der Waals surface area (Å²) in [4.78, 5) is 22.4. The van der Waals surface area contributed by atoms with Crippen molar-refractivity contribution in [3.05, 3.63) is 62.9 Å². The summed E-state index contributed by atoms with van der Waals surface area (Å²) in [7, 11) is 1.38. The summed E-state index contributed by atoms with van der Waals surface area (Å²) in [5.41, 5.74) is -0.568. The molecule has 0 unspecified atom stereocenters. The minimum Gasteiger partial charge on any atom is -0.496 e. The number of methoxy groups -OCH3 is 1. The van der Waals surface area contributed by atoms with Crippen LogP contribution in [0.5, 0.6) is 5.75 Å². The molecular weight excluding hydrogens is 315 g/mol. The Labute approximate surface area is 129 Å². The van der Waals surface area contributed by atoms with Crippen molar-refractivity contribution in [3.8, 4) is 5.75 Å². The van der Waals surface area contributed by atoms with E-state index in [2.05, 4.69) is 5.32 Å². The molecule has 2 aromatic carbocycles. The molecule has 22 heavy (non-hydrogen) atoms. The Morgan fingerprint density at radius 1 is 1.32 bits per heavy atom. The Kier molecular flexibility index (Phi) is 4.57. The predicted octanol–water partition coefficient (Wildman–Crippen LogP) is 3.65. The third-order valence-electron chi connectivity index (χ3n) is 2.81. The van der Waals surface area contributed by atoms with E-state index in [1.165, 1.54) is 25.3 Å². The van der Waals surface area contributed by atoms with Gasteiger partial charge in [0.25, 0.3) is 11.6 Å². The van der Waals surface area contributed by atoms with E-state index in [-0.39, 0.29) is 17.0 Å². The molecule has 8 heteroatoms. The zero-order chi connectivity index (χ0) is 16.3. The van der Waals surface area contributed by atoms with Gasteiger partial charge in [-0.25, -0.2) is 4.39 Å². The zero-order valence-electron chi connectivity index (χ0n) is 11.3. The largest absolute Gasteiger partial charge is 0.496 e. The number of rotatable bonds is 4. The molecule has 2 aromatic rings. The average Bonchev–Trinajstić information content (AvgIpc) is 2.48. The van der Waals surface area contributed by atoms with Gasteiger partial charge in [-0.3, -0.25) is 14.9 Å². The van der Waals surface area contributed by atoms with Gasteiger partial charge < -0.3 is 10.1 Å². The first-order chi connectivity index (χ1) is 10.4. The maximum Gasteiger partial charge on any atom is 0.295 e. The molecule has 0 aromatic heterocycles. The van der Waals surface area contributed by atoms with Gasteiger partial charge in [0.05, 0.1) is 23.7 Å². The molecule has 0 saturated heterocycles. The maximum absolute atomic E-state index is 13.1. The number of ether oxygens (including phenoxy) is 1. The fraction of sp³-hybridized carbons (Fsp3) is 0.0714. The van der Waals surface area contributed by atoms with Gasteiger partial charge in [-0.15, -0.1) is 0 Å². The minimum atomic E-state index is -0.784. The number of hydrogen-bond donors (Lipinski definition) is 1. The van der Waals surface area contributed by atoms with E-state index < -0.39 is 22.3 Å².